The zero-order chi connectivity index (χ0) is 26.4. The Bertz CT molecular complexity index is 1420. The molecule has 0 saturated heterocycles. The minimum Gasteiger partial charge on any atom is -0.497 e. The van der Waals surface area contributed by atoms with Crippen molar-refractivity contribution in [3.63, 3.8) is 0 Å². The lowest BCUT2D eigenvalue weighted by atomic mass is 10.1. The number of carbonyl (C=O) groups excluding carboxylic acids is 2. The van der Waals surface area contributed by atoms with Gasteiger partial charge in [-0.2, -0.15) is 0 Å². The van der Waals surface area contributed by atoms with Crippen LogP contribution in [0, 0.1) is 19.7 Å². The zero-order valence-corrected chi connectivity index (χ0v) is 21.4. The molecule has 2 amide bonds. The summed E-state index contributed by atoms with van der Waals surface area (Å²) in [4.78, 5) is 25.2. The molecule has 0 unspecified atom stereocenters. The van der Waals surface area contributed by atoms with E-state index in [-0.39, 0.29) is 29.8 Å². The lowest BCUT2D eigenvalue weighted by Gasteiger charge is -2.15. The molecule has 0 spiro atoms. The fourth-order valence-electron chi connectivity index (χ4n) is 3.61. The molecular formula is C27H26FN5O3S. The van der Waals surface area contributed by atoms with Crippen LogP contribution in [0.3, 0.4) is 0 Å². The Hall–Kier alpha value is -4.18. The number of rotatable bonds is 9. The second-order valence-corrected chi connectivity index (χ2v) is 9.12. The van der Waals surface area contributed by atoms with Gasteiger partial charge in [-0.05, 0) is 67.4 Å². The molecular weight excluding hydrogens is 493 g/mol. The van der Waals surface area contributed by atoms with Crippen molar-refractivity contribution in [1.82, 2.24) is 20.1 Å². The SMILES string of the molecule is COc1ccc(C(=O)NCc2nnc(SCC(=O)Nc3ccccc3F)n2-c2cccc(C)c2C)cc1. The number of thioether (sulfide) groups is 1. The number of para-hydroxylation sites is 1. The monoisotopic (exact) mass is 519 g/mol. The second kappa shape index (κ2) is 11.7. The first-order valence-electron chi connectivity index (χ1n) is 11.5. The number of methoxy groups -OCH3 is 1. The first kappa shape index (κ1) is 25.9. The molecule has 1 aromatic heterocycles. The number of hydrogen-bond donors (Lipinski definition) is 2. The van der Waals surface area contributed by atoms with Gasteiger partial charge in [-0.15, -0.1) is 10.2 Å². The average molecular weight is 520 g/mol. The van der Waals surface area contributed by atoms with Gasteiger partial charge in [0.05, 0.1) is 30.8 Å². The van der Waals surface area contributed by atoms with Crippen molar-refractivity contribution in [2.24, 2.45) is 0 Å². The van der Waals surface area contributed by atoms with Gasteiger partial charge >= 0.3 is 0 Å². The minimum atomic E-state index is -0.505. The third kappa shape index (κ3) is 6.15. The summed E-state index contributed by atoms with van der Waals surface area (Å²) in [5, 5.41) is 14.5. The number of ether oxygens (including phenoxy) is 1. The molecule has 0 aliphatic rings. The Morgan fingerprint density at radius 2 is 1.76 bits per heavy atom. The molecule has 3 aromatic carbocycles. The molecule has 0 bridgehead atoms. The van der Waals surface area contributed by atoms with Crippen molar-refractivity contribution < 1.29 is 18.7 Å². The van der Waals surface area contributed by atoms with E-state index in [1.165, 1.54) is 23.9 Å². The standard InChI is InChI=1S/C27H26FN5O3S/c1-17-7-6-10-23(18(17)2)33-24(15-29-26(35)19-11-13-20(36-3)14-12-19)31-32-27(33)37-16-25(34)30-22-9-5-4-8-21(22)28/h4-14H,15-16H2,1-3H3,(H,29,35)(H,30,34). The summed E-state index contributed by atoms with van der Waals surface area (Å²) in [7, 11) is 1.56. The van der Waals surface area contributed by atoms with E-state index in [9.17, 15) is 14.0 Å². The molecule has 37 heavy (non-hydrogen) atoms. The maximum absolute atomic E-state index is 13.9. The quantitative estimate of drug-likeness (QED) is 0.311. The maximum Gasteiger partial charge on any atom is 0.251 e. The average Bonchev–Trinajstić information content (AvgIpc) is 3.31. The molecule has 4 rings (SSSR count). The predicted molar refractivity (Wildman–Crippen MR) is 141 cm³/mol. The molecule has 0 radical (unpaired) electrons. The molecule has 190 valence electrons. The van der Waals surface area contributed by atoms with Crippen LogP contribution in [0.1, 0.15) is 27.3 Å². The molecule has 0 atom stereocenters. The maximum atomic E-state index is 13.9. The van der Waals surface area contributed by atoms with Gasteiger partial charge in [0.25, 0.3) is 5.91 Å². The van der Waals surface area contributed by atoms with Crippen molar-refractivity contribution in [2.75, 3.05) is 18.2 Å². The Morgan fingerprint density at radius 1 is 1.00 bits per heavy atom. The molecule has 0 aliphatic heterocycles. The number of hydrogen-bond acceptors (Lipinski definition) is 6. The largest absolute Gasteiger partial charge is 0.497 e. The van der Waals surface area contributed by atoms with Gasteiger partial charge < -0.3 is 15.4 Å². The molecule has 0 aliphatic carbocycles. The normalized spacial score (nSPS) is 10.7. The molecule has 1 heterocycles. The van der Waals surface area contributed by atoms with Gasteiger partial charge in [0, 0.05) is 5.56 Å². The van der Waals surface area contributed by atoms with Crippen LogP contribution < -0.4 is 15.4 Å². The van der Waals surface area contributed by atoms with E-state index in [1.807, 2.05) is 36.6 Å². The number of nitrogens with one attached hydrogen (secondary N) is 2. The van der Waals surface area contributed by atoms with Crippen LogP contribution >= 0.6 is 11.8 Å². The van der Waals surface area contributed by atoms with Gasteiger partial charge in [0.2, 0.25) is 5.91 Å². The van der Waals surface area contributed by atoms with E-state index >= 15 is 0 Å². The highest BCUT2D eigenvalue weighted by molar-refractivity contribution is 7.99. The predicted octanol–water partition coefficient (Wildman–Crippen LogP) is 4.69. The van der Waals surface area contributed by atoms with Gasteiger partial charge in [0.15, 0.2) is 11.0 Å². The summed E-state index contributed by atoms with van der Waals surface area (Å²) >= 11 is 1.17. The summed E-state index contributed by atoms with van der Waals surface area (Å²) in [5.74, 6) is 0.0145. The molecule has 0 fully saturated rings. The molecule has 4 aromatic rings. The first-order chi connectivity index (χ1) is 17.9. The lowest BCUT2D eigenvalue weighted by Crippen LogP contribution is -2.24. The minimum absolute atomic E-state index is 0.00443. The summed E-state index contributed by atoms with van der Waals surface area (Å²) in [6.07, 6.45) is 0. The zero-order valence-electron chi connectivity index (χ0n) is 20.6. The second-order valence-electron chi connectivity index (χ2n) is 8.18. The van der Waals surface area contributed by atoms with Crippen LogP contribution in [0.2, 0.25) is 0 Å². The fourth-order valence-corrected chi connectivity index (χ4v) is 4.37. The Morgan fingerprint density at radius 3 is 2.49 bits per heavy atom. The molecule has 8 nitrogen and oxygen atoms in total. The highest BCUT2D eigenvalue weighted by Gasteiger charge is 2.19. The Labute approximate surface area is 218 Å². The van der Waals surface area contributed by atoms with Crippen molar-refractivity contribution >= 4 is 29.3 Å². The number of aromatic nitrogens is 3. The van der Waals surface area contributed by atoms with Crippen LogP contribution in [0.25, 0.3) is 5.69 Å². The van der Waals surface area contributed by atoms with E-state index in [2.05, 4.69) is 20.8 Å². The fraction of sp³-hybridized carbons (Fsp3) is 0.185. The van der Waals surface area contributed by atoms with Crippen LogP contribution in [0.15, 0.2) is 71.9 Å². The Kier molecular flexibility index (Phi) is 8.19. The van der Waals surface area contributed by atoms with Gasteiger partial charge in [-0.1, -0.05) is 36.0 Å². The van der Waals surface area contributed by atoms with E-state index in [4.69, 9.17) is 4.74 Å². The number of anilines is 1. The number of aryl methyl sites for hydroxylation is 1. The van der Waals surface area contributed by atoms with E-state index < -0.39 is 5.82 Å². The van der Waals surface area contributed by atoms with Gasteiger partial charge in [-0.25, -0.2) is 4.39 Å². The highest BCUT2D eigenvalue weighted by Crippen LogP contribution is 2.26. The third-order valence-electron chi connectivity index (χ3n) is 5.76. The topological polar surface area (TPSA) is 98.1 Å². The lowest BCUT2D eigenvalue weighted by molar-refractivity contribution is -0.113. The summed E-state index contributed by atoms with van der Waals surface area (Å²) in [5.41, 5.74) is 3.54. The molecule has 10 heteroatoms. The summed E-state index contributed by atoms with van der Waals surface area (Å²) < 4.78 is 20.9. The smallest absolute Gasteiger partial charge is 0.251 e. The number of benzene rings is 3. The van der Waals surface area contributed by atoms with Crippen molar-refractivity contribution in [3.8, 4) is 11.4 Å². The van der Waals surface area contributed by atoms with Crippen LogP contribution in [-0.4, -0.2) is 39.4 Å². The number of amides is 2. The highest BCUT2D eigenvalue weighted by atomic mass is 32.2. The van der Waals surface area contributed by atoms with Crippen molar-refractivity contribution in [1.29, 1.82) is 0 Å². The van der Waals surface area contributed by atoms with Crippen LogP contribution in [0.4, 0.5) is 10.1 Å². The van der Waals surface area contributed by atoms with Gasteiger partial charge in [-0.3, -0.25) is 14.2 Å². The van der Waals surface area contributed by atoms with Crippen LogP contribution in [-0.2, 0) is 11.3 Å². The van der Waals surface area contributed by atoms with Crippen LogP contribution in [0.5, 0.6) is 5.75 Å². The van der Waals surface area contributed by atoms with E-state index in [0.717, 1.165) is 16.8 Å². The van der Waals surface area contributed by atoms with E-state index in [0.29, 0.717) is 22.3 Å². The third-order valence-corrected chi connectivity index (χ3v) is 6.69. The number of halogens is 1. The molecule has 0 saturated carbocycles. The van der Waals surface area contributed by atoms with Crippen molar-refractivity contribution in [3.05, 3.63) is 95.1 Å². The Balaban J connectivity index is 1.54. The van der Waals surface area contributed by atoms with E-state index in [1.54, 1.807) is 43.5 Å². The number of carbonyl (C=O) groups is 2. The first-order valence-corrected chi connectivity index (χ1v) is 12.5. The molecule has 2 N–H and O–H groups in total. The number of nitrogens with zero attached hydrogens (tertiary/aromatic N) is 3. The van der Waals surface area contributed by atoms with Gasteiger partial charge in [0.1, 0.15) is 11.6 Å². The summed E-state index contributed by atoms with van der Waals surface area (Å²) in [6.45, 7) is 4.11. The summed E-state index contributed by atoms with van der Waals surface area (Å²) in [6, 6.07) is 18.6. The van der Waals surface area contributed by atoms with Crippen molar-refractivity contribution in [2.45, 2.75) is 25.5 Å².